The minimum absolute atomic E-state index is 0.0942. The highest BCUT2D eigenvalue weighted by Crippen LogP contribution is 2.18. The van der Waals surface area contributed by atoms with Crippen LogP contribution in [0.1, 0.15) is 44.0 Å². The second kappa shape index (κ2) is 6.88. The lowest BCUT2D eigenvalue weighted by molar-refractivity contribution is -0.137. The molecule has 0 saturated carbocycles. The largest absolute Gasteiger partial charge is 0.481 e. The van der Waals surface area contributed by atoms with E-state index in [1.54, 1.807) is 12.1 Å². The van der Waals surface area contributed by atoms with Crippen molar-refractivity contribution in [2.75, 3.05) is 11.9 Å². The first-order valence-corrected chi connectivity index (χ1v) is 6.58. The van der Waals surface area contributed by atoms with Gasteiger partial charge < -0.3 is 15.7 Å². The molecule has 6 heteroatoms. The molecule has 0 aromatic carbocycles. The smallest absolute Gasteiger partial charge is 0.303 e. The van der Waals surface area contributed by atoms with Crippen LogP contribution < -0.4 is 10.6 Å². The maximum Gasteiger partial charge on any atom is 0.303 e. The summed E-state index contributed by atoms with van der Waals surface area (Å²) in [5.41, 5.74) is 0.124. The molecule has 0 unspecified atom stereocenters. The van der Waals surface area contributed by atoms with E-state index < -0.39 is 5.97 Å². The van der Waals surface area contributed by atoms with Crippen molar-refractivity contribution >= 4 is 17.7 Å². The van der Waals surface area contributed by atoms with Gasteiger partial charge in [0.2, 0.25) is 0 Å². The zero-order valence-corrected chi connectivity index (χ0v) is 12.1. The van der Waals surface area contributed by atoms with Gasteiger partial charge in [0.1, 0.15) is 5.82 Å². The minimum Gasteiger partial charge on any atom is -0.481 e. The number of carbonyl (C=O) groups excluding carboxylic acids is 1. The number of nitrogens with zero attached hydrogens (tertiary/aromatic N) is 1. The van der Waals surface area contributed by atoms with Gasteiger partial charge in [-0.3, -0.25) is 9.59 Å². The molecule has 0 aliphatic heterocycles. The molecule has 0 aliphatic carbocycles. The molecule has 0 radical (unpaired) electrons. The molecule has 6 nitrogen and oxygen atoms in total. The van der Waals surface area contributed by atoms with Gasteiger partial charge in [0.15, 0.2) is 0 Å². The van der Waals surface area contributed by atoms with E-state index in [1.807, 2.05) is 20.8 Å². The van der Waals surface area contributed by atoms with E-state index in [1.165, 1.54) is 6.20 Å². The Bertz CT molecular complexity index is 469. The molecule has 0 atom stereocenters. The van der Waals surface area contributed by atoms with Crippen LogP contribution in [0, 0.1) is 0 Å². The number of rotatable bonds is 7. The van der Waals surface area contributed by atoms with Crippen molar-refractivity contribution in [3.8, 4) is 0 Å². The SMILES string of the molecule is CCNC(=O)c1ccc(NC(C)(C)CCC(=O)O)nc1. The van der Waals surface area contributed by atoms with Gasteiger partial charge >= 0.3 is 5.97 Å². The van der Waals surface area contributed by atoms with Gasteiger partial charge in [-0.1, -0.05) is 0 Å². The molecule has 0 saturated heterocycles. The molecule has 1 aromatic rings. The number of carbonyl (C=O) groups is 2. The van der Waals surface area contributed by atoms with E-state index >= 15 is 0 Å². The summed E-state index contributed by atoms with van der Waals surface area (Å²) in [6.45, 7) is 6.25. The van der Waals surface area contributed by atoms with Crippen molar-refractivity contribution in [2.45, 2.75) is 39.2 Å². The van der Waals surface area contributed by atoms with Crippen molar-refractivity contribution in [2.24, 2.45) is 0 Å². The van der Waals surface area contributed by atoms with Crippen molar-refractivity contribution in [1.82, 2.24) is 10.3 Å². The van der Waals surface area contributed by atoms with Gasteiger partial charge in [-0.05, 0) is 39.3 Å². The van der Waals surface area contributed by atoms with E-state index in [2.05, 4.69) is 15.6 Å². The number of carboxylic acid groups (broad SMARTS) is 1. The number of pyridine rings is 1. The van der Waals surface area contributed by atoms with Crippen molar-refractivity contribution < 1.29 is 14.7 Å². The maximum absolute atomic E-state index is 11.6. The number of anilines is 1. The summed E-state index contributed by atoms with van der Waals surface area (Å²) in [6, 6.07) is 3.40. The third-order valence-corrected chi connectivity index (χ3v) is 2.79. The first kappa shape index (κ1) is 15.9. The van der Waals surface area contributed by atoms with Crippen molar-refractivity contribution in [3.63, 3.8) is 0 Å². The summed E-state index contributed by atoms with van der Waals surface area (Å²) in [5, 5.41) is 14.6. The van der Waals surface area contributed by atoms with E-state index in [0.717, 1.165) is 0 Å². The Balaban J connectivity index is 2.64. The monoisotopic (exact) mass is 279 g/mol. The molecule has 110 valence electrons. The molecule has 0 spiro atoms. The van der Waals surface area contributed by atoms with Crippen LogP contribution >= 0.6 is 0 Å². The first-order chi connectivity index (χ1) is 9.34. The van der Waals surface area contributed by atoms with Gasteiger partial charge in [-0.15, -0.1) is 0 Å². The predicted molar refractivity (Wildman–Crippen MR) is 76.8 cm³/mol. The Morgan fingerprint density at radius 2 is 2.05 bits per heavy atom. The van der Waals surface area contributed by atoms with Crippen LogP contribution in [0.3, 0.4) is 0 Å². The van der Waals surface area contributed by atoms with E-state index in [4.69, 9.17) is 5.11 Å². The van der Waals surface area contributed by atoms with Crippen LogP contribution in [0.4, 0.5) is 5.82 Å². The lowest BCUT2D eigenvalue weighted by Gasteiger charge is -2.26. The fourth-order valence-corrected chi connectivity index (χ4v) is 1.69. The average molecular weight is 279 g/mol. The first-order valence-electron chi connectivity index (χ1n) is 6.58. The molecule has 3 N–H and O–H groups in total. The Labute approximate surface area is 118 Å². The van der Waals surface area contributed by atoms with Crippen LogP contribution in [0.25, 0.3) is 0 Å². The number of amides is 1. The fraction of sp³-hybridized carbons (Fsp3) is 0.500. The highest BCUT2D eigenvalue weighted by Gasteiger charge is 2.19. The third-order valence-electron chi connectivity index (χ3n) is 2.79. The van der Waals surface area contributed by atoms with Crippen LogP contribution in [-0.4, -0.2) is 34.1 Å². The second-order valence-electron chi connectivity index (χ2n) is 5.19. The number of nitrogens with one attached hydrogen (secondary N) is 2. The molecule has 20 heavy (non-hydrogen) atoms. The molecular weight excluding hydrogens is 258 g/mol. The van der Waals surface area contributed by atoms with Crippen molar-refractivity contribution in [3.05, 3.63) is 23.9 Å². The van der Waals surface area contributed by atoms with Gasteiger partial charge in [-0.2, -0.15) is 0 Å². The van der Waals surface area contributed by atoms with Crippen LogP contribution in [-0.2, 0) is 4.79 Å². The highest BCUT2D eigenvalue weighted by atomic mass is 16.4. The normalized spacial score (nSPS) is 10.9. The molecule has 1 amide bonds. The summed E-state index contributed by atoms with van der Waals surface area (Å²) in [7, 11) is 0. The zero-order chi connectivity index (χ0) is 15.2. The standard InChI is InChI=1S/C14H21N3O3/c1-4-15-13(20)10-5-6-11(16-9-10)17-14(2,3)8-7-12(18)19/h5-6,9H,4,7-8H2,1-3H3,(H,15,20)(H,16,17)(H,18,19). The number of aromatic nitrogens is 1. The summed E-state index contributed by atoms with van der Waals surface area (Å²) >= 11 is 0. The summed E-state index contributed by atoms with van der Waals surface area (Å²) in [5.74, 6) is -0.357. The Morgan fingerprint density at radius 1 is 1.35 bits per heavy atom. The quantitative estimate of drug-likeness (QED) is 0.709. The van der Waals surface area contributed by atoms with Crippen molar-refractivity contribution in [1.29, 1.82) is 0 Å². The van der Waals surface area contributed by atoms with E-state index in [-0.39, 0.29) is 17.9 Å². The predicted octanol–water partition coefficient (Wildman–Crippen LogP) is 1.89. The topological polar surface area (TPSA) is 91.3 Å². The minimum atomic E-state index is -0.820. The summed E-state index contributed by atoms with van der Waals surface area (Å²) < 4.78 is 0. The number of carboxylic acids is 1. The Kier molecular flexibility index (Phi) is 5.49. The molecule has 1 rings (SSSR count). The fourth-order valence-electron chi connectivity index (χ4n) is 1.69. The molecular formula is C14H21N3O3. The van der Waals surface area contributed by atoms with E-state index in [9.17, 15) is 9.59 Å². The maximum atomic E-state index is 11.6. The third kappa shape index (κ3) is 5.26. The molecule has 0 bridgehead atoms. The number of aliphatic carboxylic acids is 1. The Hall–Kier alpha value is -2.11. The lowest BCUT2D eigenvalue weighted by Crippen LogP contribution is -2.32. The van der Waals surface area contributed by atoms with Crippen LogP contribution in [0.15, 0.2) is 18.3 Å². The van der Waals surface area contributed by atoms with Crippen LogP contribution in [0.5, 0.6) is 0 Å². The Morgan fingerprint density at radius 3 is 2.55 bits per heavy atom. The lowest BCUT2D eigenvalue weighted by atomic mass is 9.98. The van der Waals surface area contributed by atoms with Gasteiger partial charge in [0.25, 0.3) is 5.91 Å². The highest BCUT2D eigenvalue weighted by molar-refractivity contribution is 5.93. The number of hydrogen-bond acceptors (Lipinski definition) is 4. The zero-order valence-electron chi connectivity index (χ0n) is 12.1. The van der Waals surface area contributed by atoms with Gasteiger partial charge in [0.05, 0.1) is 5.56 Å². The molecule has 0 aliphatic rings. The molecule has 1 aromatic heterocycles. The summed E-state index contributed by atoms with van der Waals surface area (Å²) in [6.07, 6.45) is 2.08. The molecule has 0 fully saturated rings. The average Bonchev–Trinajstić information content (AvgIpc) is 2.37. The summed E-state index contributed by atoms with van der Waals surface area (Å²) in [4.78, 5) is 26.3. The van der Waals surface area contributed by atoms with Crippen LogP contribution in [0.2, 0.25) is 0 Å². The molecule has 1 heterocycles. The second-order valence-corrected chi connectivity index (χ2v) is 5.19. The van der Waals surface area contributed by atoms with Gasteiger partial charge in [-0.25, -0.2) is 4.98 Å². The van der Waals surface area contributed by atoms with Gasteiger partial charge in [0, 0.05) is 24.7 Å². The number of hydrogen-bond donors (Lipinski definition) is 3. The van der Waals surface area contributed by atoms with E-state index in [0.29, 0.717) is 24.3 Å².